The van der Waals surface area contributed by atoms with Crippen LogP contribution < -0.4 is 5.32 Å². The average Bonchev–Trinajstić information content (AvgIpc) is 2.65. The van der Waals surface area contributed by atoms with Gasteiger partial charge < -0.3 is 0 Å². The predicted molar refractivity (Wildman–Crippen MR) is 60.8 cm³/mol. The van der Waals surface area contributed by atoms with Gasteiger partial charge >= 0.3 is 0 Å². The Balaban J connectivity index is 1.79. The van der Waals surface area contributed by atoms with Crippen LogP contribution in [0.4, 0.5) is 0 Å². The van der Waals surface area contributed by atoms with E-state index in [9.17, 15) is 0 Å². The minimum absolute atomic E-state index is 0.473. The minimum atomic E-state index is 0.473. The summed E-state index contributed by atoms with van der Waals surface area (Å²) in [5.74, 6) is 0.645. The van der Waals surface area contributed by atoms with Gasteiger partial charge in [-0.25, -0.2) is 5.32 Å². The van der Waals surface area contributed by atoms with E-state index in [0.717, 1.165) is 6.54 Å². The molecule has 0 aliphatic carbocycles. The SMILES string of the molecule is c1ccc([C@H]2CC[N]C2N2CCC2)cc1. The van der Waals surface area contributed by atoms with E-state index < -0.39 is 0 Å². The maximum absolute atomic E-state index is 4.74. The van der Waals surface area contributed by atoms with Crippen molar-refractivity contribution in [3.8, 4) is 0 Å². The van der Waals surface area contributed by atoms with Crippen LogP contribution in [0.25, 0.3) is 0 Å². The Morgan fingerprint density at radius 3 is 2.60 bits per heavy atom. The van der Waals surface area contributed by atoms with Gasteiger partial charge in [0.1, 0.15) is 0 Å². The number of benzene rings is 1. The molecule has 1 radical (unpaired) electrons. The summed E-state index contributed by atoms with van der Waals surface area (Å²) in [6, 6.07) is 10.9. The van der Waals surface area contributed by atoms with Gasteiger partial charge in [0.25, 0.3) is 0 Å². The van der Waals surface area contributed by atoms with Gasteiger partial charge in [0.15, 0.2) is 0 Å². The van der Waals surface area contributed by atoms with E-state index in [4.69, 9.17) is 5.32 Å². The molecule has 1 aromatic carbocycles. The van der Waals surface area contributed by atoms with Crippen LogP contribution in [-0.4, -0.2) is 30.7 Å². The van der Waals surface area contributed by atoms with E-state index in [2.05, 4.69) is 35.2 Å². The van der Waals surface area contributed by atoms with Crippen molar-refractivity contribution in [1.29, 1.82) is 0 Å². The molecule has 0 bridgehead atoms. The lowest BCUT2D eigenvalue weighted by Gasteiger charge is -2.38. The summed E-state index contributed by atoms with van der Waals surface area (Å²) >= 11 is 0. The number of rotatable bonds is 2. The summed E-state index contributed by atoms with van der Waals surface area (Å²) in [4.78, 5) is 2.52. The van der Waals surface area contributed by atoms with Gasteiger partial charge in [-0.3, -0.25) is 4.90 Å². The Bertz CT molecular complexity index is 319. The van der Waals surface area contributed by atoms with E-state index in [-0.39, 0.29) is 0 Å². The van der Waals surface area contributed by atoms with Gasteiger partial charge in [0.2, 0.25) is 0 Å². The first-order valence-electron chi connectivity index (χ1n) is 5.91. The summed E-state index contributed by atoms with van der Waals surface area (Å²) < 4.78 is 0. The lowest BCUT2D eigenvalue weighted by atomic mass is 9.94. The molecule has 2 atom stereocenters. The van der Waals surface area contributed by atoms with Crippen molar-refractivity contribution in [3.63, 3.8) is 0 Å². The number of hydrogen-bond acceptors (Lipinski definition) is 1. The Labute approximate surface area is 91.3 Å². The fraction of sp³-hybridized carbons (Fsp3) is 0.538. The van der Waals surface area contributed by atoms with E-state index in [1.54, 1.807) is 0 Å². The highest BCUT2D eigenvalue weighted by Crippen LogP contribution is 2.32. The topological polar surface area (TPSA) is 17.3 Å². The lowest BCUT2D eigenvalue weighted by molar-refractivity contribution is 0.0948. The number of nitrogens with zero attached hydrogens (tertiary/aromatic N) is 2. The maximum Gasteiger partial charge on any atom is 0.0830 e. The van der Waals surface area contributed by atoms with Gasteiger partial charge in [-0.15, -0.1) is 0 Å². The highest BCUT2D eigenvalue weighted by Gasteiger charge is 2.35. The standard InChI is InChI=1S/C13H17N2/c1-2-5-11(6-3-1)12-7-8-14-13(12)15-9-4-10-15/h1-3,5-6,12-13H,4,7-10H2/t12-,13?/m1/s1. The molecular weight excluding hydrogens is 184 g/mol. The van der Waals surface area contributed by atoms with E-state index in [1.165, 1.54) is 31.5 Å². The summed E-state index contributed by atoms with van der Waals surface area (Å²) in [7, 11) is 0. The Kier molecular flexibility index (Phi) is 2.47. The molecule has 0 aromatic heterocycles. The van der Waals surface area contributed by atoms with Crippen LogP contribution in [0, 0.1) is 0 Å². The number of likely N-dealkylation sites (tertiary alicyclic amines) is 1. The summed E-state index contributed by atoms with van der Waals surface area (Å²) in [6.45, 7) is 3.54. The first-order chi connectivity index (χ1) is 7.45. The molecule has 3 rings (SSSR count). The van der Waals surface area contributed by atoms with Gasteiger partial charge in [-0.2, -0.15) is 0 Å². The van der Waals surface area contributed by atoms with Crippen molar-refractivity contribution < 1.29 is 0 Å². The molecule has 0 saturated carbocycles. The lowest BCUT2D eigenvalue weighted by Crippen LogP contribution is -2.49. The molecule has 0 spiro atoms. The second kappa shape index (κ2) is 3.95. The van der Waals surface area contributed by atoms with Crippen molar-refractivity contribution in [1.82, 2.24) is 10.2 Å². The average molecular weight is 201 g/mol. The van der Waals surface area contributed by atoms with Crippen LogP contribution in [0.3, 0.4) is 0 Å². The third-order valence-corrected chi connectivity index (χ3v) is 3.61. The van der Waals surface area contributed by atoms with Gasteiger partial charge in [-0.05, 0) is 18.4 Å². The summed E-state index contributed by atoms with van der Waals surface area (Å²) in [6.07, 6.45) is 3.06. The van der Waals surface area contributed by atoms with Crippen LogP contribution in [0.15, 0.2) is 30.3 Å². The quantitative estimate of drug-likeness (QED) is 0.713. The molecule has 2 heterocycles. The van der Waals surface area contributed by atoms with Crippen LogP contribution >= 0.6 is 0 Å². The fourth-order valence-electron chi connectivity index (χ4n) is 2.64. The second-order valence-corrected chi connectivity index (χ2v) is 4.52. The normalized spacial score (nSPS) is 31.5. The molecule has 2 aliphatic heterocycles. The summed E-state index contributed by atoms with van der Waals surface area (Å²) in [5.41, 5.74) is 1.47. The van der Waals surface area contributed by atoms with Crippen molar-refractivity contribution in [2.45, 2.75) is 24.9 Å². The van der Waals surface area contributed by atoms with Crippen molar-refractivity contribution >= 4 is 0 Å². The van der Waals surface area contributed by atoms with Gasteiger partial charge in [0.05, 0.1) is 6.17 Å². The van der Waals surface area contributed by atoms with E-state index in [1.807, 2.05) is 0 Å². The van der Waals surface area contributed by atoms with E-state index in [0.29, 0.717) is 12.1 Å². The summed E-state index contributed by atoms with van der Waals surface area (Å²) in [5, 5.41) is 4.74. The fourth-order valence-corrected chi connectivity index (χ4v) is 2.64. The molecule has 1 unspecified atom stereocenters. The van der Waals surface area contributed by atoms with Gasteiger partial charge in [-0.1, -0.05) is 30.3 Å². The highest BCUT2D eigenvalue weighted by atomic mass is 15.3. The van der Waals surface area contributed by atoms with Gasteiger partial charge in [0, 0.05) is 25.6 Å². The molecule has 15 heavy (non-hydrogen) atoms. The van der Waals surface area contributed by atoms with Crippen molar-refractivity contribution in [3.05, 3.63) is 35.9 Å². The molecule has 2 heteroatoms. The second-order valence-electron chi connectivity index (χ2n) is 4.52. The van der Waals surface area contributed by atoms with Crippen LogP contribution in [0.1, 0.15) is 24.3 Å². The zero-order chi connectivity index (χ0) is 10.1. The van der Waals surface area contributed by atoms with Crippen LogP contribution in [0.5, 0.6) is 0 Å². The monoisotopic (exact) mass is 201 g/mol. The van der Waals surface area contributed by atoms with Crippen molar-refractivity contribution in [2.24, 2.45) is 0 Å². The molecule has 79 valence electrons. The zero-order valence-electron chi connectivity index (χ0n) is 8.97. The molecule has 2 fully saturated rings. The molecule has 2 aliphatic rings. The first kappa shape index (κ1) is 9.37. The number of hydrogen-bond donors (Lipinski definition) is 0. The van der Waals surface area contributed by atoms with Crippen LogP contribution in [0.2, 0.25) is 0 Å². The van der Waals surface area contributed by atoms with Crippen LogP contribution in [-0.2, 0) is 0 Å². The predicted octanol–water partition coefficient (Wildman–Crippen LogP) is 1.81. The highest BCUT2D eigenvalue weighted by molar-refractivity contribution is 5.22. The molecule has 1 aromatic rings. The molecule has 2 nitrogen and oxygen atoms in total. The van der Waals surface area contributed by atoms with Crippen molar-refractivity contribution in [2.75, 3.05) is 19.6 Å². The molecule has 2 saturated heterocycles. The Morgan fingerprint density at radius 1 is 1.13 bits per heavy atom. The zero-order valence-corrected chi connectivity index (χ0v) is 8.97. The third-order valence-electron chi connectivity index (χ3n) is 3.61. The Morgan fingerprint density at radius 2 is 1.93 bits per heavy atom. The third kappa shape index (κ3) is 1.68. The molecule has 0 amide bonds. The largest absolute Gasteiger partial charge is 0.286 e. The maximum atomic E-state index is 4.74. The smallest absolute Gasteiger partial charge is 0.0830 e. The van der Waals surface area contributed by atoms with E-state index >= 15 is 0 Å². The Hall–Kier alpha value is -0.860. The molecule has 0 N–H and O–H groups in total. The minimum Gasteiger partial charge on any atom is -0.286 e. The first-order valence-corrected chi connectivity index (χ1v) is 5.91. The molecular formula is C13H17N2.